The summed E-state index contributed by atoms with van der Waals surface area (Å²) in [7, 11) is 0. The van der Waals surface area contributed by atoms with Crippen molar-refractivity contribution in [1.29, 1.82) is 0 Å². The van der Waals surface area contributed by atoms with Crippen molar-refractivity contribution in [3.8, 4) is 0 Å². The van der Waals surface area contributed by atoms with Crippen LogP contribution in [-0.4, -0.2) is 0 Å². The minimum atomic E-state index is -0.0491. The van der Waals surface area contributed by atoms with Crippen molar-refractivity contribution in [2.45, 2.75) is 5.92 Å². The van der Waals surface area contributed by atoms with E-state index in [9.17, 15) is 9.81 Å². The standard InChI is InChI=1S/C19H15N3O2/c20-16-7-1-13(2-8-16)19(14-3-9-17(21-23)10-4-14)15-5-11-18(22-24)12-6-15/h1-12,19H,20H2. The van der Waals surface area contributed by atoms with Crippen molar-refractivity contribution in [2.75, 3.05) is 5.73 Å². The Morgan fingerprint density at radius 1 is 0.583 bits per heavy atom. The number of anilines is 1. The smallest absolute Gasteiger partial charge is 0.108 e. The van der Waals surface area contributed by atoms with Gasteiger partial charge in [0.1, 0.15) is 11.4 Å². The van der Waals surface area contributed by atoms with Crippen molar-refractivity contribution in [1.82, 2.24) is 0 Å². The fourth-order valence-corrected chi connectivity index (χ4v) is 2.72. The monoisotopic (exact) mass is 317 g/mol. The van der Waals surface area contributed by atoms with Crippen LogP contribution in [0.5, 0.6) is 0 Å². The summed E-state index contributed by atoms with van der Waals surface area (Å²) in [6.45, 7) is 0. The van der Waals surface area contributed by atoms with E-state index in [-0.39, 0.29) is 5.92 Å². The summed E-state index contributed by atoms with van der Waals surface area (Å²) in [5, 5.41) is 5.87. The third-order valence-corrected chi connectivity index (χ3v) is 3.93. The molecule has 5 heteroatoms. The second kappa shape index (κ2) is 6.83. The number of nitrogen functional groups attached to an aromatic ring is 1. The van der Waals surface area contributed by atoms with Crippen molar-refractivity contribution in [3.05, 3.63) is 99.3 Å². The van der Waals surface area contributed by atoms with E-state index in [0.29, 0.717) is 17.1 Å². The van der Waals surface area contributed by atoms with Crippen molar-refractivity contribution in [3.63, 3.8) is 0 Å². The van der Waals surface area contributed by atoms with Gasteiger partial charge in [-0.3, -0.25) is 0 Å². The Bertz CT molecular complexity index is 790. The Hall–Kier alpha value is -3.34. The lowest BCUT2D eigenvalue weighted by atomic mass is 9.85. The molecule has 118 valence electrons. The lowest BCUT2D eigenvalue weighted by molar-refractivity contribution is 0.977. The highest BCUT2D eigenvalue weighted by molar-refractivity contribution is 5.51. The van der Waals surface area contributed by atoms with Gasteiger partial charge < -0.3 is 5.73 Å². The second-order valence-electron chi connectivity index (χ2n) is 5.47. The Labute approximate surface area is 139 Å². The molecular weight excluding hydrogens is 302 g/mol. The summed E-state index contributed by atoms with van der Waals surface area (Å²) in [5.41, 5.74) is 10.3. The number of rotatable bonds is 5. The molecule has 0 aromatic heterocycles. The summed E-state index contributed by atoms with van der Waals surface area (Å²) < 4.78 is 0. The average molecular weight is 317 g/mol. The van der Waals surface area contributed by atoms with Gasteiger partial charge in [-0.05, 0) is 63.4 Å². The Balaban J connectivity index is 2.09. The van der Waals surface area contributed by atoms with Gasteiger partial charge >= 0.3 is 0 Å². The van der Waals surface area contributed by atoms with Crippen LogP contribution in [0.1, 0.15) is 22.6 Å². The maximum absolute atomic E-state index is 10.6. The fourth-order valence-electron chi connectivity index (χ4n) is 2.72. The largest absolute Gasteiger partial charge is 0.399 e. The lowest BCUT2D eigenvalue weighted by Gasteiger charge is -2.19. The van der Waals surface area contributed by atoms with Gasteiger partial charge in [0.25, 0.3) is 0 Å². The zero-order valence-corrected chi connectivity index (χ0v) is 12.8. The van der Waals surface area contributed by atoms with E-state index in [1.54, 1.807) is 24.3 Å². The molecule has 5 nitrogen and oxygen atoms in total. The van der Waals surface area contributed by atoms with Crippen LogP contribution >= 0.6 is 0 Å². The van der Waals surface area contributed by atoms with Crippen LogP contribution in [0.3, 0.4) is 0 Å². The molecule has 0 saturated carbocycles. The van der Waals surface area contributed by atoms with Crippen LogP contribution in [0.2, 0.25) is 0 Å². The third-order valence-electron chi connectivity index (χ3n) is 3.93. The van der Waals surface area contributed by atoms with E-state index in [4.69, 9.17) is 5.73 Å². The normalized spacial score (nSPS) is 10.5. The number of hydrogen-bond donors (Lipinski definition) is 1. The molecule has 3 rings (SSSR count). The van der Waals surface area contributed by atoms with Gasteiger partial charge in [-0.15, -0.1) is 9.81 Å². The van der Waals surface area contributed by atoms with E-state index in [1.165, 1.54) is 0 Å². The molecule has 24 heavy (non-hydrogen) atoms. The molecule has 0 aliphatic rings. The topological polar surface area (TPSA) is 84.9 Å². The van der Waals surface area contributed by atoms with Gasteiger partial charge in [0.15, 0.2) is 0 Å². The maximum Gasteiger partial charge on any atom is 0.108 e. The molecule has 2 N–H and O–H groups in total. The van der Waals surface area contributed by atoms with Gasteiger partial charge in [0.2, 0.25) is 0 Å². The van der Waals surface area contributed by atoms with Gasteiger partial charge in [0, 0.05) is 11.6 Å². The molecule has 0 spiro atoms. The molecule has 0 aliphatic carbocycles. The molecule has 0 atom stereocenters. The first-order chi connectivity index (χ1) is 11.7. The number of benzene rings is 3. The molecule has 3 aromatic carbocycles. The van der Waals surface area contributed by atoms with E-state index in [0.717, 1.165) is 16.7 Å². The van der Waals surface area contributed by atoms with Crippen LogP contribution in [0.25, 0.3) is 0 Å². The van der Waals surface area contributed by atoms with Crippen molar-refractivity contribution in [2.24, 2.45) is 10.4 Å². The Morgan fingerprint density at radius 2 is 0.917 bits per heavy atom. The lowest BCUT2D eigenvalue weighted by Crippen LogP contribution is -2.03. The molecule has 0 heterocycles. The molecule has 0 amide bonds. The minimum Gasteiger partial charge on any atom is -0.399 e. The molecule has 0 aliphatic heterocycles. The Kier molecular flexibility index (Phi) is 4.43. The zero-order chi connectivity index (χ0) is 16.9. The molecule has 0 fully saturated rings. The van der Waals surface area contributed by atoms with Gasteiger partial charge in [-0.25, -0.2) is 0 Å². The molecule has 0 saturated heterocycles. The predicted molar refractivity (Wildman–Crippen MR) is 95.6 cm³/mol. The SMILES string of the molecule is Nc1ccc(C(c2ccc(N=O)cc2)c2ccc(N=O)cc2)cc1. The maximum atomic E-state index is 10.6. The average Bonchev–Trinajstić information content (AvgIpc) is 2.64. The highest BCUT2D eigenvalue weighted by atomic mass is 16.3. The van der Waals surface area contributed by atoms with Crippen molar-refractivity contribution < 1.29 is 0 Å². The van der Waals surface area contributed by atoms with E-state index in [1.807, 2.05) is 48.5 Å². The molecular formula is C19H15N3O2. The summed E-state index contributed by atoms with van der Waals surface area (Å²) in [6.07, 6.45) is 0. The van der Waals surface area contributed by atoms with E-state index < -0.39 is 0 Å². The molecule has 0 unspecified atom stereocenters. The van der Waals surface area contributed by atoms with Crippen LogP contribution in [0.4, 0.5) is 17.1 Å². The first-order valence-corrected chi connectivity index (χ1v) is 7.43. The molecule has 0 bridgehead atoms. The fraction of sp³-hybridized carbons (Fsp3) is 0.0526. The minimum absolute atomic E-state index is 0.0491. The quantitative estimate of drug-likeness (QED) is 0.396. The van der Waals surface area contributed by atoms with Gasteiger partial charge in [0.05, 0.1) is 0 Å². The van der Waals surface area contributed by atoms with Crippen LogP contribution in [0, 0.1) is 9.81 Å². The summed E-state index contributed by atoms with van der Waals surface area (Å²) >= 11 is 0. The number of nitrogens with two attached hydrogens (primary N) is 1. The van der Waals surface area contributed by atoms with Gasteiger partial charge in [-0.2, -0.15) is 0 Å². The Morgan fingerprint density at radius 3 is 1.25 bits per heavy atom. The summed E-state index contributed by atoms with van der Waals surface area (Å²) in [4.78, 5) is 21.3. The van der Waals surface area contributed by atoms with E-state index in [2.05, 4.69) is 10.4 Å². The second-order valence-corrected chi connectivity index (χ2v) is 5.47. The predicted octanol–water partition coefficient (Wildman–Crippen LogP) is 5.24. The number of nitrogens with zero attached hydrogens (tertiary/aromatic N) is 2. The summed E-state index contributed by atoms with van der Waals surface area (Å²) in [5.74, 6) is -0.0491. The first-order valence-electron chi connectivity index (χ1n) is 7.43. The zero-order valence-electron chi connectivity index (χ0n) is 12.8. The van der Waals surface area contributed by atoms with Crippen LogP contribution in [0.15, 0.2) is 83.2 Å². The molecule has 3 aromatic rings. The molecule has 0 radical (unpaired) electrons. The van der Waals surface area contributed by atoms with Crippen LogP contribution in [-0.2, 0) is 0 Å². The van der Waals surface area contributed by atoms with Gasteiger partial charge in [-0.1, -0.05) is 36.4 Å². The van der Waals surface area contributed by atoms with Crippen LogP contribution < -0.4 is 5.73 Å². The number of nitroso groups, excluding NO2 is 2. The van der Waals surface area contributed by atoms with Crippen molar-refractivity contribution >= 4 is 17.1 Å². The summed E-state index contributed by atoms with van der Waals surface area (Å²) in [6, 6.07) is 21.9. The third kappa shape index (κ3) is 3.20. The number of hydrogen-bond acceptors (Lipinski definition) is 5. The highest BCUT2D eigenvalue weighted by Crippen LogP contribution is 2.34. The van der Waals surface area contributed by atoms with E-state index >= 15 is 0 Å². The first kappa shape index (κ1) is 15.6. The highest BCUT2D eigenvalue weighted by Gasteiger charge is 2.17.